The van der Waals surface area contributed by atoms with Gasteiger partial charge in [0.25, 0.3) is 5.91 Å². The number of amides is 1. The Morgan fingerprint density at radius 3 is 2.32 bits per heavy atom. The Hall–Kier alpha value is -3.40. The fraction of sp³-hybridized carbons (Fsp3) is 0.333. The Morgan fingerprint density at radius 2 is 1.74 bits per heavy atom. The Labute approximate surface area is 171 Å². The van der Waals surface area contributed by atoms with E-state index in [1.807, 2.05) is 6.07 Å². The number of nitrogens with zero attached hydrogens (tertiary/aromatic N) is 6. The van der Waals surface area contributed by atoms with E-state index in [9.17, 15) is 31.1 Å². The molecule has 0 saturated carbocycles. The van der Waals surface area contributed by atoms with Gasteiger partial charge in [0.2, 0.25) is 0 Å². The zero-order valence-electron chi connectivity index (χ0n) is 15.7. The van der Waals surface area contributed by atoms with E-state index in [1.165, 1.54) is 11.2 Å². The molecule has 1 saturated heterocycles. The molecule has 31 heavy (non-hydrogen) atoms. The number of alkyl halides is 6. The average Bonchev–Trinajstić information content (AvgIpc) is 3.34. The lowest BCUT2D eigenvalue weighted by molar-refractivity contribution is -0.143. The fourth-order valence-electron chi connectivity index (χ4n) is 2.95. The maximum Gasteiger partial charge on any atom is 0.416 e. The Kier molecular flexibility index (Phi) is 6.03. The molecule has 1 aliphatic rings. The zero-order chi connectivity index (χ0) is 22.8. The quantitative estimate of drug-likeness (QED) is 0.410. The number of carbonyl (C=O) groups is 1. The highest BCUT2D eigenvalue weighted by molar-refractivity contribution is 5.89. The number of benzene rings is 1. The van der Waals surface area contributed by atoms with Crippen LogP contribution in [0.2, 0.25) is 0 Å². The predicted molar refractivity (Wildman–Crippen MR) is 94.3 cm³/mol. The number of halogens is 6. The van der Waals surface area contributed by atoms with Crippen LogP contribution in [0.1, 0.15) is 17.5 Å². The van der Waals surface area contributed by atoms with Crippen molar-refractivity contribution in [2.24, 2.45) is 0 Å². The van der Waals surface area contributed by atoms with Crippen molar-refractivity contribution in [3.8, 4) is 17.5 Å². The highest BCUT2D eigenvalue weighted by atomic mass is 19.4. The van der Waals surface area contributed by atoms with Crippen LogP contribution >= 0.6 is 0 Å². The lowest BCUT2D eigenvalue weighted by atomic mass is 10.0. The number of hydrogen-bond acceptors (Lipinski definition) is 5. The van der Waals surface area contributed by atoms with Crippen LogP contribution in [0, 0.1) is 11.3 Å². The van der Waals surface area contributed by atoms with E-state index in [0.717, 1.165) is 17.1 Å². The second-order valence-electron chi connectivity index (χ2n) is 6.52. The molecule has 164 valence electrons. The van der Waals surface area contributed by atoms with Gasteiger partial charge in [-0.05, 0) is 24.6 Å². The number of hydrazine groups is 1. The van der Waals surface area contributed by atoms with E-state index in [-0.39, 0.29) is 18.4 Å². The molecule has 1 aromatic carbocycles. The Morgan fingerprint density at radius 1 is 1.10 bits per heavy atom. The summed E-state index contributed by atoms with van der Waals surface area (Å²) in [6.45, 7) is 0.986. The van der Waals surface area contributed by atoms with Gasteiger partial charge in [0.15, 0.2) is 5.82 Å². The van der Waals surface area contributed by atoms with Crippen molar-refractivity contribution in [1.29, 1.82) is 5.26 Å². The van der Waals surface area contributed by atoms with Gasteiger partial charge in [-0.3, -0.25) is 9.80 Å². The molecule has 13 heteroatoms. The summed E-state index contributed by atoms with van der Waals surface area (Å²) in [7, 11) is 0. The van der Waals surface area contributed by atoms with Gasteiger partial charge in [-0.2, -0.15) is 31.6 Å². The molecule has 0 unspecified atom stereocenters. The first-order valence-corrected chi connectivity index (χ1v) is 8.81. The van der Waals surface area contributed by atoms with Crippen LogP contribution in [0.3, 0.4) is 0 Å². The van der Waals surface area contributed by atoms with Crippen LogP contribution in [-0.2, 0) is 17.1 Å². The minimum Gasteiger partial charge on any atom is -0.271 e. The van der Waals surface area contributed by atoms with E-state index in [4.69, 9.17) is 5.26 Å². The smallest absolute Gasteiger partial charge is 0.271 e. The summed E-state index contributed by atoms with van der Waals surface area (Å²) < 4.78 is 79.1. The first-order chi connectivity index (χ1) is 14.5. The second-order valence-corrected chi connectivity index (χ2v) is 6.52. The van der Waals surface area contributed by atoms with Crippen LogP contribution in [0.4, 0.5) is 26.3 Å². The highest BCUT2D eigenvalue weighted by Crippen LogP contribution is 2.38. The Balaban J connectivity index is 1.84. The monoisotopic (exact) mass is 444 g/mol. The number of carbonyl (C=O) groups excluding carboxylic acids is 1. The van der Waals surface area contributed by atoms with E-state index in [2.05, 4.69) is 10.1 Å². The van der Waals surface area contributed by atoms with Gasteiger partial charge in [-0.1, -0.05) is 0 Å². The third kappa shape index (κ3) is 5.21. The third-order valence-corrected chi connectivity index (χ3v) is 4.36. The van der Waals surface area contributed by atoms with Crippen molar-refractivity contribution < 1.29 is 31.1 Å². The van der Waals surface area contributed by atoms with Crippen molar-refractivity contribution in [3.63, 3.8) is 0 Å². The summed E-state index contributed by atoms with van der Waals surface area (Å²) in [6.07, 6.45) is -5.97. The summed E-state index contributed by atoms with van der Waals surface area (Å²) in [5.74, 6) is -0.829. The van der Waals surface area contributed by atoms with Gasteiger partial charge >= 0.3 is 12.4 Å². The lowest BCUT2D eigenvalue weighted by Crippen LogP contribution is -2.40. The van der Waals surface area contributed by atoms with Crippen LogP contribution in [-0.4, -0.2) is 50.3 Å². The van der Waals surface area contributed by atoms with Gasteiger partial charge in [-0.15, -0.1) is 5.10 Å². The number of hydrogen-bond donors (Lipinski definition) is 0. The van der Waals surface area contributed by atoms with Crippen molar-refractivity contribution in [2.75, 3.05) is 19.6 Å². The first kappa shape index (κ1) is 22.3. The van der Waals surface area contributed by atoms with E-state index >= 15 is 0 Å². The summed E-state index contributed by atoms with van der Waals surface area (Å²) in [5.41, 5.74) is -3.43. The highest BCUT2D eigenvalue weighted by Gasteiger charge is 2.37. The van der Waals surface area contributed by atoms with Crippen molar-refractivity contribution >= 4 is 12.1 Å². The molecule has 3 rings (SSSR count). The molecule has 0 radical (unpaired) electrons. The average molecular weight is 444 g/mol. The van der Waals surface area contributed by atoms with Crippen molar-refractivity contribution in [1.82, 2.24) is 24.8 Å². The fourth-order valence-corrected chi connectivity index (χ4v) is 2.95. The van der Waals surface area contributed by atoms with Gasteiger partial charge in [0, 0.05) is 30.9 Å². The van der Waals surface area contributed by atoms with Crippen LogP contribution in [0.5, 0.6) is 0 Å². The predicted octanol–water partition coefficient (Wildman–Crippen LogP) is 3.43. The summed E-state index contributed by atoms with van der Waals surface area (Å²) in [5, 5.41) is 15.5. The molecule has 1 amide bonds. The normalized spacial score (nSPS) is 15.6. The lowest BCUT2D eigenvalue weighted by Gasteiger charge is -2.24. The van der Waals surface area contributed by atoms with E-state index in [0.29, 0.717) is 31.6 Å². The van der Waals surface area contributed by atoms with Crippen LogP contribution in [0.25, 0.3) is 17.6 Å². The standard InChI is InChI=1S/C18H14F6N6O/c19-17(20,21)13-8-12(9-14(10-13)18(22,23)24)16-26-11-28(27-16)6-2-15(31)30-5-1-4-29(30)7-3-25/h2,6,8-11H,1,4-5,7H2/b6-2-. The molecule has 0 atom stereocenters. The largest absolute Gasteiger partial charge is 0.416 e. The summed E-state index contributed by atoms with van der Waals surface area (Å²) in [4.78, 5) is 16.0. The number of nitriles is 1. The molecular weight excluding hydrogens is 430 g/mol. The molecule has 0 aliphatic carbocycles. The van der Waals surface area contributed by atoms with Gasteiger partial charge in [0.05, 0.1) is 17.2 Å². The molecule has 0 N–H and O–H groups in total. The minimum absolute atomic E-state index is 0.0160. The SMILES string of the molecule is N#CCN1CCCN1C(=O)/C=C\n1cnc(-c2cc(C(F)(F)F)cc(C(F)(F)F)c2)n1. The molecular formula is C18H14F6N6O. The van der Waals surface area contributed by atoms with E-state index < -0.39 is 35.0 Å². The topological polar surface area (TPSA) is 78.0 Å². The first-order valence-electron chi connectivity index (χ1n) is 8.81. The second kappa shape index (κ2) is 8.38. The minimum atomic E-state index is -4.99. The molecule has 7 nitrogen and oxygen atoms in total. The maximum atomic E-state index is 13.0. The van der Waals surface area contributed by atoms with Crippen LogP contribution in [0.15, 0.2) is 30.6 Å². The van der Waals surface area contributed by atoms with Crippen LogP contribution < -0.4 is 0 Å². The Bertz CT molecular complexity index is 1000. The molecule has 2 heterocycles. The van der Waals surface area contributed by atoms with Crippen molar-refractivity contribution in [2.45, 2.75) is 18.8 Å². The van der Waals surface area contributed by atoms with E-state index in [1.54, 1.807) is 5.01 Å². The van der Waals surface area contributed by atoms with Crippen molar-refractivity contribution in [3.05, 3.63) is 41.7 Å². The van der Waals surface area contributed by atoms with Gasteiger partial charge in [-0.25, -0.2) is 14.7 Å². The third-order valence-electron chi connectivity index (χ3n) is 4.36. The maximum absolute atomic E-state index is 13.0. The molecule has 1 aromatic heterocycles. The molecule has 1 fully saturated rings. The number of aromatic nitrogens is 3. The van der Waals surface area contributed by atoms with Gasteiger partial charge in [0.1, 0.15) is 12.9 Å². The molecule has 1 aliphatic heterocycles. The zero-order valence-corrected chi connectivity index (χ0v) is 15.7. The van der Waals surface area contributed by atoms with Gasteiger partial charge < -0.3 is 0 Å². The summed E-state index contributed by atoms with van der Waals surface area (Å²) >= 11 is 0. The molecule has 0 spiro atoms. The number of rotatable bonds is 4. The summed E-state index contributed by atoms with van der Waals surface area (Å²) in [6, 6.07) is 3.00. The molecule has 2 aromatic rings. The molecule has 0 bridgehead atoms.